The Morgan fingerprint density at radius 2 is 2.05 bits per heavy atom. The minimum Gasteiger partial charge on any atom is -0.496 e. The number of ether oxygens (including phenoxy) is 1. The molecule has 106 valence electrons. The summed E-state index contributed by atoms with van der Waals surface area (Å²) >= 11 is 0. The van der Waals surface area contributed by atoms with Crippen molar-refractivity contribution in [2.45, 2.75) is 13.1 Å². The van der Waals surface area contributed by atoms with Gasteiger partial charge in [-0.2, -0.15) is 0 Å². The zero-order chi connectivity index (χ0) is 14.2. The van der Waals surface area contributed by atoms with E-state index in [1.165, 1.54) is 0 Å². The first-order chi connectivity index (χ1) is 9.79. The predicted octanol–water partition coefficient (Wildman–Crippen LogP) is 1.69. The van der Waals surface area contributed by atoms with Crippen molar-refractivity contribution in [2.24, 2.45) is 0 Å². The van der Waals surface area contributed by atoms with Gasteiger partial charge in [-0.25, -0.2) is 0 Å². The molecule has 2 rings (SSSR count). The molecule has 0 radical (unpaired) electrons. The van der Waals surface area contributed by atoms with Crippen molar-refractivity contribution in [3.8, 4) is 5.75 Å². The summed E-state index contributed by atoms with van der Waals surface area (Å²) in [5.41, 5.74) is 0.953. The summed E-state index contributed by atoms with van der Waals surface area (Å²) < 4.78 is 10.4. The van der Waals surface area contributed by atoms with Crippen molar-refractivity contribution in [3.63, 3.8) is 0 Å². The standard InChI is InChI=1S/C15H18N2O3/c1-19-14-7-3-2-5-12(14)9-17-15(18)11-16-10-13-6-4-8-20-13/h2-8,16H,9-11H2,1H3,(H,17,18). The third kappa shape index (κ3) is 4.13. The van der Waals surface area contributed by atoms with Gasteiger partial charge in [-0.1, -0.05) is 18.2 Å². The summed E-state index contributed by atoms with van der Waals surface area (Å²) in [6.45, 7) is 1.23. The molecule has 1 aromatic heterocycles. The number of rotatable bonds is 7. The number of benzene rings is 1. The molecule has 0 unspecified atom stereocenters. The van der Waals surface area contributed by atoms with Crippen LogP contribution >= 0.6 is 0 Å². The second-order valence-electron chi connectivity index (χ2n) is 4.27. The monoisotopic (exact) mass is 274 g/mol. The average Bonchev–Trinajstić information content (AvgIpc) is 2.98. The molecule has 0 saturated heterocycles. The molecule has 20 heavy (non-hydrogen) atoms. The number of furan rings is 1. The van der Waals surface area contributed by atoms with E-state index in [4.69, 9.17) is 9.15 Å². The van der Waals surface area contributed by atoms with E-state index in [1.54, 1.807) is 13.4 Å². The van der Waals surface area contributed by atoms with Crippen LogP contribution in [0.1, 0.15) is 11.3 Å². The third-order valence-electron chi connectivity index (χ3n) is 2.83. The molecule has 0 bridgehead atoms. The molecule has 0 aliphatic heterocycles. The SMILES string of the molecule is COc1ccccc1CNC(=O)CNCc1ccco1. The van der Waals surface area contributed by atoms with Crippen molar-refractivity contribution in [1.82, 2.24) is 10.6 Å². The third-order valence-corrected chi connectivity index (χ3v) is 2.83. The summed E-state index contributed by atoms with van der Waals surface area (Å²) in [5.74, 6) is 1.52. The molecule has 1 heterocycles. The van der Waals surface area contributed by atoms with Crippen molar-refractivity contribution >= 4 is 5.91 Å². The zero-order valence-corrected chi connectivity index (χ0v) is 11.4. The topological polar surface area (TPSA) is 63.5 Å². The molecular formula is C15H18N2O3. The van der Waals surface area contributed by atoms with Crippen LogP contribution in [0.25, 0.3) is 0 Å². The van der Waals surface area contributed by atoms with Gasteiger partial charge in [-0.15, -0.1) is 0 Å². The molecule has 0 spiro atoms. The molecule has 2 aromatic rings. The van der Waals surface area contributed by atoms with Crippen LogP contribution in [-0.2, 0) is 17.9 Å². The number of para-hydroxylation sites is 1. The number of hydrogen-bond acceptors (Lipinski definition) is 4. The van der Waals surface area contributed by atoms with Gasteiger partial charge in [-0.3, -0.25) is 4.79 Å². The van der Waals surface area contributed by atoms with Crippen LogP contribution in [0, 0.1) is 0 Å². The summed E-state index contributed by atoms with van der Waals surface area (Å²) in [6, 6.07) is 11.3. The highest BCUT2D eigenvalue weighted by molar-refractivity contribution is 5.78. The minimum atomic E-state index is -0.0672. The molecule has 0 atom stereocenters. The van der Waals surface area contributed by atoms with Crippen LogP contribution in [0.2, 0.25) is 0 Å². The fourth-order valence-electron chi connectivity index (χ4n) is 1.82. The normalized spacial score (nSPS) is 10.2. The van der Waals surface area contributed by atoms with E-state index >= 15 is 0 Å². The Balaban J connectivity index is 1.72. The predicted molar refractivity (Wildman–Crippen MR) is 75.3 cm³/mol. The number of methoxy groups -OCH3 is 1. The molecule has 1 amide bonds. The van der Waals surface area contributed by atoms with Gasteiger partial charge in [0.05, 0.1) is 26.5 Å². The lowest BCUT2D eigenvalue weighted by Crippen LogP contribution is -2.33. The lowest BCUT2D eigenvalue weighted by Gasteiger charge is -2.09. The number of hydrogen-bond donors (Lipinski definition) is 2. The number of carbonyl (C=O) groups is 1. The Bertz CT molecular complexity index is 538. The van der Waals surface area contributed by atoms with Crippen LogP contribution in [0.5, 0.6) is 5.75 Å². The van der Waals surface area contributed by atoms with Gasteiger partial charge < -0.3 is 19.8 Å². The van der Waals surface area contributed by atoms with Crippen molar-refractivity contribution in [1.29, 1.82) is 0 Å². The Morgan fingerprint density at radius 3 is 2.80 bits per heavy atom. The van der Waals surface area contributed by atoms with Gasteiger partial charge in [0.2, 0.25) is 5.91 Å². The first-order valence-corrected chi connectivity index (χ1v) is 6.41. The summed E-state index contributed by atoms with van der Waals surface area (Å²) in [7, 11) is 1.62. The first kappa shape index (κ1) is 14.1. The fraction of sp³-hybridized carbons (Fsp3) is 0.267. The van der Waals surface area contributed by atoms with E-state index < -0.39 is 0 Å². The molecule has 5 heteroatoms. The van der Waals surface area contributed by atoms with E-state index in [0.717, 1.165) is 17.1 Å². The van der Waals surface area contributed by atoms with Crippen LogP contribution in [0.3, 0.4) is 0 Å². The molecule has 0 saturated carbocycles. The van der Waals surface area contributed by atoms with Gasteiger partial charge in [0.1, 0.15) is 11.5 Å². The fourth-order valence-corrected chi connectivity index (χ4v) is 1.82. The summed E-state index contributed by atoms with van der Waals surface area (Å²) in [4.78, 5) is 11.7. The van der Waals surface area contributed by atoms with Crippen LogP contribution in [0.15, 0.2) is 47.1 Å². The van der Waals surface area contributed by atoms with Gasteiger partial charge in [0, 0.05) is 12.1 Å². The van der Waals surface area contributed by atoms with Gasteiger partial charge in [0.25, 0.3) is 0 Å². The number of carbonyl (C=O) groups excluding carboxylic acids is 1. The number of nitrogens with one attached hydrogen (secondary N) is 2. The van der Waals surface area contributed by atoms with E-state index in [-0.39, 0.29) is 12.5 Å². The van der Waals surface area contributed by atoms with Crippen molar-refractivity contribution in [3.05, 3.63) is 54.0 Å². The highest BCUT2D eigenvalue weighted by Gasteiger charge is 2.05. The highest BCUT2D eigenvalue weighted by Crippen LogP contribution is 2.16. The molecule has 2 N–H and O–H groups in total. The van der Waals surface area contributed by atoms with E-state index in [2.05, 4.69) is 10.6 Å². The van der Waals surface area contributed by atoms with Crippen LogP contribution in [0.4, 0.5) is 0 Å². The van der Waals surface area contributed by atoms with E-state index in [9.17, 15) is 4.79 Å². The highest BCUT2D eigenvalue weighted by atomic mass is 16.5. The maximum atomic E-state index is 11.7. The second-order valence-corrected chi connectivity index (χ2v) is 4.27. The maximum absolute atomic E-state index is 11.7. The first-order valence-electron chi connectivity index (χ1n) is 6.41. The quantitative estimate of drug-likeness (QED) is 0.806. The van der Waals surface area contributed by atoms with Gasteiger partial charge >= 0.3 is 0 Å². The second kappa shape index (κ2) is 7.35. The van der Waals surface area contributed by atoms with Crippen molar-refractivity contribution < 1.29 is 13.9 Å². The molecule has 0 aliphatic rings. The van der Waals surface area contributed by atoms with E-state index in [1.807, 2.05) is 36.4 Å². The zero-order valence-electron chi connectivity index (χ0n) is 11.4. The van der Waals surface area contributed by atoms with Crippen LogP contribution in [-0.4, -0.2) is 19.6 Å². The largest absolute Gasteiger partial charge is 0.496 e. The van der Waals surface area contributed by atoms with Crippen LogP contribution < -0.4 is 15.4 Å². The Kier molecular flexibility index (Phi) is 5.20. The summed E-state index contributed by atoms with van der Waals surface area (Å²) in [6.07, 6.45) is 1.61. The Hall–Kier alpha value is -2.27. The lowest BCUT2D eigenvalue weighted by molar-refractivity contribution is -0.120. The Labute approximate surface area is 117 Å². The number of amides is 1. The molecule has 1 aromatic carbocycles. The van der Waals surface area contributed by atoms with Crippen molar-refractivity contribution in [2.75, 3.05) is 13.7 Å². The lowest BCUT2D eigenvalue weighted by atomic mass is 10.2. The van der Waals surface area contributed by atoms with Gasteiger partial charge in [0.15, 0.2) is 0 Å². The molecule has 0 fully saturated rings. The smallest absolute Gasteiger partial charge is 0.234 e. The molecular weight excluding hydrogens is 256 g/mol. The maximum Gasteiger partial charge on any atom is 0.234 e. The average molecular weight is 274 g/mol. The van der Waals surface area contributed by atoms with E-state index in [0.29, 0.717) is 13.1 Å². The molecule has 0 aliphatic carbocycles. The summed E-state index contributed by atoms with van der Waals surface area (Å²) in [5, 5.41) is 5.86. The Morgan fingerprint density at radius 1 is 1.20 bits per heavy atom. The minimum absolute atomic E-state index is 0.0672. The van der Waals surface area contributed by atoms with Gasteiger partial charge in [-0.05, 0) is 18.2 Å². The molecule has 5 nitrogen and oxygen atoms in total.